The Bertz CT molecular complexity index is 926. The van der Waals surface area contributed by atoms with E-state index < -0.39 is 0 Å². The molecular weight excluding hydrogens is 340 g/mol. The zero-order valence-electron chi connectivity index (χ0n) is 16.0. The predicted octanol–water partition coefficient (Wildman–Crippen LogP) is 2.84. The molecule has 0 saturated carbocycles. The zero-order valence-corrected chi connectivity index (χ0v) is 16.0. The van der Waals surface area contributed by atoms with Crippen LogP contribution in [-0.4, -0.2) is 34.6 Å². The first kappa shape index (κ1) is 18.0. The molecule has 1 saturated heterocycles. The summed E-state index contributed by atoms with van der Waals surface area (Å²) >= 11 is 0. The fourth-order valence-electron chi connectivity index (χ4n) is 4.23. The minimum atomic E-state index is -0.188. The number of nitrogens with zero attached hydrogens (tertiary/aromatic N) is 2. The van der Waals surface area contributed by atoms with Gasteiger partial charge in [0.15, 0.2) is 0 Å². The van der Waals surface area contributed by atoms with Gasteiger partial charge in [-0.25, -0.2) is 0 Å². The number of hydrogen-bond acceptors (Lipinski definition) is 3. The standard InChI is InChI=1S/C22H26N2O3/c1-15-12-16(2)24(14-19-8-5-11-27-19)22(26)20(15)21(25)23-10-9-17-6-3-4-7-18(17)13-23/h3-4,6-7,12,19H,5,8-11,13-14H2,1-2H3/t19-/m1/s1. The summed E-state index contributed by atoms with van der Waals surface area (Å²) in [5.41, 5.74) is 4.21. The van der Waals surface area contributed by atoms with Gasteiger partial charge in [-0.05, 0) is 55.9 Å². The number of fused-ring (bicyclic) bond motifs is 1. The summed E-state index contributed by atoms with van der Waals surface area (Å²) in [6.45, 7) is 6.27. The maximum absolute atomic E-state index is 13.2. The lowest BCUT2D eigenvalue weighted by atomic mass is 9.99. The largest absolute Gasteiger partial charge is 0.376 e. The van der Waals surface area contributed by atoms with Crippen LogP contribution in [0.4, 0.5) is 0 Å². The van der Waals surface area contributed by atoms with Gasteiger partial charge in [-0.3, -0.25) is 9.59 Å². The van der Waals surface area contributed by atoms with Crippen molar-refractivity contribution in [3.8, 4) is 0 Å². The van der Waals surface area contributed by atoms with Crippen LogP contribution in [0.25, 0.3) is 0 Å². The third kappa shape index (κ3) is 3.44. The van der Waals surface area contributed by atoms with E-state index in [0.29, 0.717) is 25.2 Å². The number of rotatable bonds is 3. The van der Waals surface area contributed by atoms with Crippen molar-refractivity contribution < 1.29 is 9.53 Å². The van der Waals surface area contributed by atoms with Crippen molar-refractivity contribution in [2.45, 2.75) is 52.3 Å². The van der Waals surface area contributed by atoms with Crippen LogP contribution in [0, 0.1) is 13.8 Å². The molecular formula is C22H26N2O3. The van der Waals surface area contributed by atoms with E-state index in [1.807, 2.05) is 32.0 Å². The van der Waals surface area contributed by atoms with Crippen LogP contribution in [0.15, 0.2) is 35.1 Å². The van der Waals surface area contributed by atoms with E-state index in [1.54, 1.807) is 9.47 Å². The fraction of sp³-hybridized carbons (Fsp3) is 0.455. The Kier molecular flexibility index (Phi) is 4.87. The van der Waals surface area contributed by atoms with Gasteiger partial charge in [0, 0.05) is 25.4 Å². The van der Waals surface area contributed by atoms with Crippen LogP contribution >= 0.6 is 0 Å². The van der Waals surface area contributed by atoms with Crippen LogP contribution in [0.1, 0.15) is 45.6 Å². The molecule has 0 bridgehead atoms. The molecule has 1 aromatic heterocycles. The molecule has 4 rings (SSSR count). The quantitative estimate of drug-likeness (QED) is 0.839. The summed E-state index contributed by atoms with van der Waals surface area (Å²) in [5, 5.41) is 0. The molecule has 5 nitrogen and oxygen atoms in total. The van der Waals surface area contributed by atoms with Crippen molar-refractivity contribution in [2.75, 3.05) is 13.2 Å². The molecule has 0 spiro atoms. The average molecular weight is 366 g/mol. The van der Waals surface area contributed by atoms with E-state index in [1.165, 1.54) is 11.1 Å². The summed E-state index contributed by atoms with van der Waals surface area (Å²) in [5.74, 6) is -0.159. The number of hydrogen-bond donors (Lipinski definition) is 0. The summed E-state index contributed by atoms with van der Waals surface area (Å²) in [7, 11) is 0. The second-order valence-electron chi connectivity index (χ2n) is 7.64. The monoisotopic (exact) mass is 366 g/mol. The molecule has 0 radical (unpaired) electrons. The minimum Gasteiger partial charge on any atom is -0.376 e. The second-order valence-corrected chi connectivity index (χ2v) is 7.64. The molecule has 1 atom stereocenters. The first-order valence-electron chi connectivity index (χ1n) is 9.73. The maximum atomic E-state index is 13.2. The molecule has 142 valence electrons. The molecule has 1 amide bonds. The molecule has 2 aliphatic rings. The first-order valence-corrected chi connectivity index (χ1v) is 9.73. The molecule has 2 aliphatic heterocycles. The number of pyridine rings is 1. The Hall–Kier alpha value is -2.40. The van der Waals surface area contributed by atoms with E-state index in [2.05, 4.69) is 12.1 Å². The van der Waals surface area contributed by atoms with Gasteiger partial charge in [-0.2, -0.15) is 0 Å². The Morgan fingerprint density at radius 3 is 2.74 bits per heavy atom. The van der Waals surface area contributed by atoms with Gasteiger partial charge in [0.2, 0.25) is 0 Å². The van der Waals surface area contributed by atoms with Crippen LogP contribution < -0.4 is 5.56 Å². The molecule has 0 aliphatic carbocycles. The first-order chi connectivity index (χ1) is 13.0. The van der Waals surface area contributed by atoms with Crippen LogP contribution in [0.5, 0.6) is 0 Å². The van der Waals surface area contributed by atoms with Gasteiger partial charge < -0.3 is 14.2 Å². The molecule has 3 heterocycles. The third-order valence-electron chi connectivity index (χ3n) is 5.75. The van der Waals surface area contributed by atoms with Crippen molar-refractivity contribution in [3.63, 3.8) is 0 Å². The second kappa shape index (κ2) is 7.31. The fourth-order valence-corrected chi connectivity index (χ4v) is 4.23. The minimum absolute atomic E-state index is 0.0638. The highest BCUT2D eigenvalue weighted by Gasteiger charge is 2.27. The number of aromatic nitrogens is 1. The lowest BCUT2D eigenvalue weighted by Crippen LogP contribution is -2.41. The van der Waals surface area contributed by atoms with Crippen LogP contribution in [-0.2, 0) is 24.2 Å². The number of carbonyl (C=O) groups excluding carboxylic acids is 1. The SMILES string of the molecule is Cc1cc(C)n(C[C@H]2CCCO2)c(=O)c1C(=O)N1CCc2ccccc2C1. The summed E-state index contributed by atoms with van der Waals surface area (Å²) < 4.78 is 7.41. The van der Waals surface area contributed by atoms with Gasteiger partial charge in [0.25, 0.3) is 11.5 Å². The number of amides is 1. The molecule has 27 heavy (non-hydrogen) atoms. The summed E-state index contributed by atoms with van der Waals surface area (Å²) in [6, 6.07) is 10.2. The van der Waals surface area contributed by atoms with Crippen molar-refractivity contribution in [1.29, 1.82) is 0 Å². The third-order valence-corrected chi connectivity index (χ3v) is 5.75. The molecule has 0 N–H and O–H groups in total. The van der Waals surface area contributed by atoms with Gasteiger partial charge in [-0.15, -0.1) is 0 Å². The highest BCUT2D eigenvalue weighted by atomic mass is 16.5. The Balaban J connectivity index is 1.65. The Labute approximate surface area is 159 Å². The number of benzene rings is 1. The van der Waals surface area contributed by atoms with Crippen molar-refractivity contribution in [3.05, 3.63) is 68.6 Å². The highest BCUT2D eigenvalue weighted by molar-refractivity contribution is 5.95. The van der Waals surface area contributed by atoms with Crippen LogP contribution in [0.3, 0.4) is 0 Å². The van der Waals surface area contributed by atoms with Crippen molar-refractivity contribution >= 4 is 5.91 Å². The predicted molar refractivity (Wildman–Crippen MR) is 104 cm³/mol. The Morgan fingerprint density at radius 1 is 1.22 bits per heavy atom. The number of ether oxygens (including phenoxy) is 1. The normalized spacial score (nSPS) is 19.2. The van der Waals surface area contributed by atoms with Gasteiger partial charge in [0.05, 0.1) is 12.6 Å². The molecule has 0 unspecified atom stereocenters. The average Bonchev–Trinajstić information content (AvgIpc) is 3.17. The lowest BCUT2D eigenvalue weighted by Gasteiger charge is -2.29. The van der Waals surface area contributed by atoms with Crippen molar-refractivity contribution in [1.82, 2.24) is 9.47 Å². The zero-order chi connectivity index (χ0) is 19.0. The smallest absolute Gasteiger partial charge is 0.263 e. The number of carbonyl (C=O) groups is 1. The maximum Gasteiger partial charge on any atom is 0.263 e. The molecule has 5 heteroatoms. The summed E-state index contributed by atoms with van der Waals surface area (Å²) in [4.78, 5) is 28.2. The molecule has 1 fully saturated rings. The topological polar surface area (TPSA) is 51.5 Å². The van der Waals surface area contributed by atoms with E-state index in [0.717, 1.165) is 37.1 Å². The summed E-state index contributed by atoms with van der Waals surface area (Å²) in [6.07, 6.45) is 2.89. The van der Waals surface area contributed by atoms with Gasteiger partial charge in [-0.1, -0.05) is 24.3 Å². The van der Waals surface area contributed by atoms with Gasteiger partial charge >= 0.3 is 0 Å². The van der Waals surface area contributed by atoms with Gasteiger partial charge in [0.1, 0.15) is 5.56 Å². The Morgan fingerprint density at radius 2 is 2.00 bits per heavy atom. The van der Waals surface area contributed by atoms with Crippen LogP contribution in [0.2, 0.25) is 0 Å². The van der Waals surface area contributed by atoms with E-state index in [4.69, 9.17) is 4.74 Å². The molecule has 1 aromatic carbocycles. The van der Waals surface area contributed by atoms with E-state index in [9.17, 15) is 9.59 Å². The van der Waals surface area contributed by atoms with E-state index >= 15 is 0 Å². The number of aryl methyl sites for hydroxylation is 2. The lowest BCUT2D eigenvalue weighted by molar-refractivity contribution is 0.0728. The molecule has 2 aromatic rings. The highest BCUT2D eigenvalue weighted by Crippen LogP contribution is 2.21. The van der Waals surface area contributed by atoms with Crippen molar-refractivity contribution in [2.24, 2.45) is 0 Å². The van der Waals surface area contributed by atoms with E-state index in [-0.39, 0.29) is 17.6 Å².